The molecule has 0 atom stereocenters. The molecule has 24 heavy (non-hydrogen) atoms. The zero-order valence-corrected chi connectivity index (χ0v) is 14.0. The first-order valence-electron chi connectivity index (χ1n) is 8.12. The number of nitriles is 1. The van der Waals surface area contributed by atoms with Crippen LogP contribution in [0.1, 0.15) is 25.3 Å². The van der Waals surface area contributed by atoms with Crippen molar-refractivity contribution in [3.8, 4) is 6.07 Å². The van der Waals surface area contributed by atoms with E-state index in [0.29, 0.717) is 5.69 Å². The van der Waals surface area contributed by atoms with Gasteiger partial charge < -0.3 is 20.4 Å². The van der Waals surface area contributed by atoms with Crippen molar-refractivity contribution in [2.45, 2.75) is 26.2 Å². The average molecular weight is 331 g/mol. The van der Waals surface area contributed by atoms with Gasteiger partial charge in [-0.3, -0.25) is 4.79 Å². The molecule has 1 amide bonds. The van der Waals surface area contributed by atoms with Gasteiger partial charge in [-0.25, -0.2) is 0 Å². The average Bonchev–Trinajstić information content (AvgIpc) is 2.59. The topological polar surface area (TPSA) is 96.6 Å². The second-order valence-electron chi connectivity index (χ2n) is 5.39. The van der Waals surface area contributed by atoms with Crippen molar-refractivity contribution in [1.29, 1.82) is 5.26 Å². The summed E-state index contributed by atoms with van der Waals surface area (Å²) in [5.41, 5.74) is 1.76. The molecule has 0 saturated carbocycles. The highest BCUT2D eigenvalue weighted by atomic mass is 16.3. The monoisotopic (exact) mass is 331 g/mol. The van der Waals surface area contributed by atoms with Crippen LogP contribution in [0.3, 0.4) is 0 Å². The molecule has 0 aliphatic rings. The van der Waals surface area contributed by atoms with Crippen molar-refractivity contribution >= 4 is 11.6 Å². The molecular formula is C18H25N3O3. The number of aryl methyl sites for hydroxylation is 1. The van der Waals surface area contributed by atoms with Crippen LogP contribution in [-0.4, -0.2) is 47.3 Å². The smallest absolute Gasteiger partial charge is 0.267 e. The van der Waals surface area contributed by atoms with E-state index in [1.807, 2.05) is 30.3 Å². The molecule has 0 fully saturated rings. The van der Waals surface area contributed by atoms with Crippen LogP contribution in [0, 0.1) is 11.3 Å². The molecule has 6 heteroatoms. The van der Waals surface area contributed by atoms with Crippen molar-refractivity contribution in [3.05, 3.63) is 41.6 Å². The summed E-state index contributed by atoms with van der Waals surface area (Å²) in [6.07, 6.45) is 4.62. The largest absolute Gasteiger partial charge is 0.395 e. The molecule has 0 unspecified atom stereocenters. The van der Waals surface area contributed by atoms with Crippen LogP contribution >= 0.6 is 0 Å². The van der Waals surface area contributed by atoms with Gasteiger partial charge in [0, 0.05) is 25.0 Å². The number of aliphatic hydroxyl groups is 2. The van der Waals surface area contributed by atoms with Gasteiger partial charge in [-0.05, 0) is 30.5 Å². The number of hydrogen-bond acceptors (Lipinski definition) is 5. The summed E-state index contributed by atoms with van der Waals surface area (Å²) in [6, 6.07) is 9.41. The lowest BCUT2D eigenvalue weighted by atomic mass is 10.1. The minimum atomic E-state index is -0.514. The van der Waals surface area contributed by atoms with Crippen LogP contribution in [0.2, 0.25) is 0 Å². The van der Waals surface area contributed by atoms with Gasteiger partial charge in [0.2, 0.25) is 0 Å². The van der Waals surface area contributed by atoms with E-state index < -0.39 is 5.91 Å². The first-order valence-corrected chi connectivity index (χ1v) is 8.12. The number of amides is 1. The van der Waals surface area contributed by atoms with E-state index in [9.17, 15) is 10.1 Å². The molecule has 0 aliphatic heterocycles. The maximum atomic E-state index is 12.2. The molecule has 0 aromatic heterocycles. The molecule has 0 spiro atoms. The summed E-state index contributed by atoms with van der Waals surface area (Å²) in [5.74, 6) is -0.514. The van der Waals surface area contributed by atoms with E-state index in [1.165, 1.54) is 16.7 Å². The van der Waals surface area contributed by atoms with Gasteiger partial charge in [-0.2, -0.15) is 5.26 Å². The summed E-state index contributed by atoms with van der Waals surface area (Å²) in [6.45, 7) is 2.36. The minimum Gasteiger partial charge on any atom is -0.395 e. The van der Waals surface area contributed by atoms with E-state index >= 15 is 0 Å². The Morgan fingerprint density at radius 3 is 2.38 bits per heavy atom. The zero-order chi connectivity index (χ0) is 17.8. The number of rotatable bonds is 10. The summed E-state index contributed by atoms with van der Waals surface area (Å²) in [7, 11) is 0. The number of unbranched alkanes of at least 4 members (excludes halogenated alkanes) is 1. The third kappa shape index (κ3) is 6.82. The van der Waals surface area contributed by atoms with Crippen molar-refractivity contribution < 1.29 is 15.0 Å². The van der Waals surface area contributed by atoms with Crippen molar-refractivity contribution in [2.24, 2.45) is 0 Å². The van der Waals surface area contributed by atoms with Crippen LogP contribution in [0.15, 0.2) is 36.0 Å². The van der Waals surface area contributed by atoms with E-state index in [1.54, 1.807) is 0 Å². The van der Waals surface area contributed by atoms with Gasteiger partial charge in [0.1, 0.15) is 11.6 Å². The Bertz CT molecular complexity index is 570. The van der Waals surface area contributed by atoms with E-state index in [4.69, 9.17) is 10.2 Å². The fraction of sp³-hybridized carbons (Fsp3) is 0.444. The molecule has 1 aromatic rings. The maximum absolute atomic E-state index is 12.2. The lowest BCUT2D eigenvalue weighted by molar-refractivity contribution is -0.112. The van der Waals surface area contributed by atoms with Gasteiger partial charge in [-0.15, -0.1) is 0 Å². The van der Waals surface area contributed by atoms with Crippen LogP contribution < -0.4 is 5.32 Å². The third-order valence-corrected chi connectivity index (χ3v) is 3.48. The minimum absolute atomic E-state index is 0.0769. The first kappa shape index (κ1) is 19.7. The summed E-state index contributed by atoms with van der Waals surface area (Å²) < 4.78 is 0. The Balaban J connectivity index is 2.74. The summed E-state index contributed by atoms with van der Waals surface area (Å²) in [5, 5.41) is 29.8. The molecule has 3 N–H and O–H groups in total. The lowest BCUT2D eigenvalue weighted by Crippen LogP contribution is -2.26. The highest BCUT2D eigenvalue weighted by Gasteiger charge is 2.11. The number of hydrogen-bond donors (Lipinski definition) is 3. The van der Waals surface area contributed by atoms with Crippen molar-refractivity contribution in [3.63, 3.8) is 0 Å². The lowest BCUT2D eigenvalue weighted by Gasteiger charge is -2.18. The van der Waals surface area contributed by atoms with Crippen LogP contribution in [-0.2, 0) is 11.2 Å². The molecule has 130 valence electrons. The molecular weight excluding hydrogens is 306 g/mol. The Hall–Kier alpha value is -2.36. The molecule has 0 heterocycles. The number of benzene rings is 1. The molecule has 0 saturated heterocycles. The SMILES string of the molecule is CCCCc1ccc(NC(=O)/C(C#N)=C\N(CCO)CCO)cc1. The second-order valence-corrected chi connectivity index (χ2v) is 5.39. The fourth-order valence-electron chi connectivity index (χ4n) is 2.15. The number of carbonyl (C=O) groups is 1. The highest BCUT2D eigenvalue weighted by Crippen LogP contribution is 2.13. The van der Waals surface area contributed by atoms with E-state index in [-0.39, 0.29) is 31.9 Å². The Morgan fingerprint density at radius 2 is 1.88 bits per heavy atom. The van der Waals surface area contributed by atoms with Crippen molar-refractivity contribution in [1.82, 2.24) is 4.90 Å². The van der Waals surface area contributed by atoms with Crippen LogP contribution in [0.25, 0.3) is 0 Å². The standard InChI is InChI=1S/C18H25N3O3/c1-2-3-4-15-5-7-17(8-6-15)20-18(24)16(13-19)14-21(9-11-22)10-12-23/h5-8,14,22-23H,2-4,9-12H2,1H3,(H,20,24)/b16-14-. The van der Waals surface area contributed by atoms with Crippen LogP contribution in [0.4, 0.5) is 5.69 Å². The Kier molecular flexibility index (Phi) is 9.20. The van der Waals surface area contributed by atoms with Gasteiger partial charge >= 0.3 is 0 Å². The molecule has 1 aromatic carbocycles. The summed E-state index contributed by atoms with van der Waals surface area (Å²) in [4.78, 5) is 13.7. The van der Waals surface area contributed by atoms with Crippen LogP contribution in [0.5, 0.6) is 0 Å². The predicted octanol–water partition coefficient (Wildman–Crippen LogP) is 1.66. The number of anilines is 1. The predicted molar refractivity (Wildman–Crippen MR) is 93.1 cm³/mol. The Labute approximate surface area is 143 Å². The number of carbonyl (C=O) groups excluding carboxylic acids is 1. The fourth-order valence-corrected chi connectivity index (χ4v) is 2.15. The van der Waals surface area contributed by atoms with E-state index in [2.05, 4.69) is 12.2 Å². The van der Waals surface area contributed by atoms with Gasteiger partial charge in [-0.1, -0.05) is 25.5 Å². The molecule has 0 radical (unpaired) electrons. The molecule has 6 nitrogen and oxygen atoms in total. The second kappa shape index (κ2) is 11.2. The Morgan fingerprint density at radius 1 is 1.25 bits per heavy atom. The third-order valence-electron chi connectivity index (χ3n) is 3.48. The summed E-state index contributed by atoms with van der Waals surface area (Å²) >= 11 is 0. The quantitative estimate of drug-likeness (QED) is 0.447. The normalized spacial score (nSPS) is 11.0. The molecule has 0 aliphatic carbocycles. The number of nitrogens with zero attached hydrogens (tertiary/aromatic N) is 2. The number of nitrogens with one attached hydrogen (secondary N) is 1. The first-order chi connectivity index (χ1) is 11.6. The van der Waals surface area contributed by atoms with Gasteiger partial charge in [0.05, 0.1) is 13.2 Å². The van der Waals surface area contributed by atoms with Crippen molar-refractivity contribution in [2.75, 3.05) is 31.6 Å². The van der Waals surface area contributed by atoms with Gasteiger partial charge in [0.15, 0.2) is 0 Å². The van der Waals surface area contributed by atoms with E-state index in [0.717, 1.165) is 19.3 Å². The molecule has 0 bridgehead atoms. The zero-order valence-electron chi connectivity index (χ0n) is 14.0. The number of aliphatic hydroxyl groups excluding tert-OH is 2. The highest BCUT2D eigenvalue weighted by molar-refractivity contribution is 6.06. The molecule has 1 rings (SSSR count). The van der Waals surface area contributed by atoms with Gasteiger partial charge in [0.25, 0.3) is 5.91 Å². The maximum Gasteiger partial charge on any atom is 0.267 e.